The van der Waals surface area contributed by atoms with Crippen LogP contribution in [0.25, 0.3) is 11.2 Å². The molecule has 50 heavy (non-hydrogen) atoms. The molecule has 1 atom stereocenters. The van der Waals surface area contributed by atoms with Crippen LogP contribution in [0.5, 0.6) is 5.88 Å². The molecular formula is C33H37F8N5O4. The van der Waals surface area contributed by atoms with E-state index in [1.165, 1.54) is 29.8 Å². The molecule has 3 heterocycles. The lowest BCUT2D eigenvalue weighted by molar-refractivity contribution is -0.184. The molecule has 1 amide bonds. The van der Waals surface area contributed by atoms with Crippen LogP contribution in [0.2, 0.25) is 0 Å². The van der Waals surface area contributed by atoms with Gasteiger partial charge in [-0.1, -0.05) is 12.5 Å². The van der Waals surface area contributed by atoms with E-state index in [1.807, 2.05) is 0 Å². The summed E-state index contributed by atoms with van der Waals surface area (Å²) in [4.78, 5) is 34.2. The maximum atomic E-state index is 14.0. The van der Waals surface area contributed by atoms with Gasteiger partial charge in [-0.2, -0.15) is 31.3 Å². The van der Waals surface area contributed by atoms with Gasteiger partial charge in [0.25, 0.3) is 6.43 Å². The van der Waals surface area contributed by atoms with Crippen LogP contribution in [-0.2, 0) is 29.3 Å². The van der Waals surface area contributed by atoms with E-state index in [1.54, 1.807) is 0 Å². The zero-order chi connectivity index (χ0) is 36.2. The molecule has 1 aliphatic carbocycles. The molecule has 0 spiro atoms. The molecule has 2 fully saturated rings. The summed E-state index contributed by atoms with van der Waals surface area (Å²) in [5.41, 5.74) is -1.09. The van der Waals surface area contributed by atoms with Crippen LogP contribution in [0.4, 0.5) is 46.8 Å². The maximum Gasteiger partial charge on any atom is 0.418 e. The Morgan fingerprint density at radius 2 is 1.78 bits per heavy atom. The number of pyridine rings is 1. The fraction of sp³-hybridized carbons (Fsp3) is 0.576. The van der Waals surface area contributed by atoms with Gasteiger partial charge in [0.15, 0.2) is 18.0 Å². The van der Waals surface area contributed by atoms with Gasteiger partial charge >= 0.3 is 12.4 Å². The number of halogens is 8. The Labute approximate surface area is 282 Å². The molecular weight excluding hydrogens is 682 g/mol. The van der Waals surface area contributed by atoms with E-state index in [9.17, 15) is 44.7 Å². The third-order valence-corrected chi connectivity index (χ3v) is 9.11. The topological polar surface area (TPSA) is 107 Å². The van der Waals surface area contributed by atoms with Crippen LogP contribution in [0.1, 0.15) is 79.3 Å². The molecule has 2 N–H and O–H groups in total. The van der Waals surface area contributed by atoms with Crippen molar-refractivity contribution in [1.82, 2.24) is 19.9 Å². The van der Waals surface area contributed by atoms with Gasteiger partial charge in [-0.05, 0) is 74.6 Å². The van der Waals surface area contributed by atoms with E-state index in [0.29, 0.717) is 44.3 Å². The summed E-state index contributed by atoms with van der Waals surface area (Å²) in [6.45, 7) is -0.692. The predicted molar refractivity (Wildman–Crippen MR) is 165 cm³/mol. The van der Waals surface area contributed by atoms with Gasteiger partial charge in [-0.3, -0.25) is 14.2 Å². The second-order valence-electron chi connectivity index (χ2n) is 12.7. The minimum absolute atomic E-state index is 0.0265. The van der Waals surface area contributed by atoms with E-state index in [-0.39, 0.29) is 66.0 Å². The number of imidazole rings is 1. The number of rotatable bonds is 13. The van der Waals surface area contributed by atoms with Crippen molar-refractivity contribution in [3.05, 3.63) is 41.0 Å². The fourth-order valence-electron chi connectivity index (χ4n) is 6.38. The molecule has 1 aliphatic heterocycles. The first-order valence-corrected chi connectivity index (χ1v) is 16.3. The van der Waals surface area contributed by atoms with Crippen LogP contribution >= 0.6 is 0 Å². The molecule has 9 nitrogen and oxygen atoms in total. The van der Waals surface area contributed by atoms with Crippen LogP contribution in [-0.4, -0.2) is 58.1 Å². The van der Waals surface area contributed by atoms with E-state index in [2.05, 4.69) is 20.6 Å². The zero-order valence-corrected chi connectivity index (χ0v) is 27.1. The summed E-state index contributed by atoms with van der Waals surface area (Å²) >= 11 is 0. The van der Waals surface area contributed by atoms with E-state index in [0.717, 1.165) is 12.5 Å². The van der Waals surface area contributed by atoms with Crippen LogP contribution in [0, 0.1) is 11.8 Å². The highest BCUT2D eigenvalue weighted by Crippen LogP contribution is 2.41. The van der Waals surface area contributed by atoms with Crippen molar-refractivity contribution >= 4 is 34.5 Å². The molecule has 3 aromatic rings. The molecule has 1 saturated carbocycles. The number of ketones is 1. The third kappa shape index (κ3) is 9.20. The number of hydrogen-bond donors (Lipinski definition) is 2. The van der Waals surface area contributed by atoms with Crippen molar-refractivity contribution in [2.24, 2.45) is 18.9 Å². The number of carbonyl (C=O) groups excluding carboxylic acids is 2. The minimum Gasteiger partial charge on any atom is -0.471 e. The summed E-state index contributed by atoms with van der Waals surface area (Å²) in [6, 6.07) is 4.59. The number of nitrogens with one attached hydrogen (secondary N) is 2. The van der Waals surface area contributed by atoms with Crippen LogP contribution in [0.3, 0.4) is 0 Å². The quantitative estimate of drug-likeness (QED) is 0.137. The maximum absolute atomic E-state index is 14.0. The number of ether oxygens (including phenoxy) is 2. The Morgan fingerprint density at radius 3 is 2.42 bits per heavy atom. The number of Topliss-reactive ketones (excluding diaryl/α,β-unsaturated/α-hetero) is 1. The first kappa shape index (κ1) is 37.2. The standard InChI is InChI=1S/C33H37F8N5O4/c1-46-28-24(44-31(46)43-23-14-19(9-12-22(23)33(39,40)41)16-42-29(48)26-6-3-13-49-26)15-21(30(45-28)50-17-27(34)35)25(47)5-2-4-18-7-10-20(11-8-18)32(36,37)38/h9,12,14-15,18,20,26-27H,2-8,10-11,13,16-17H2,1H3,(H,42,48)(H,43,44). The minimum atomic E-state index is -4.77. The van der Waals surface area contributed by atoms with Gasteiger partial charge < -0.3 is 20.1 Å². The first-order chi connectivity index (χ1) is 23.6. The number of hydrogen-bond acceptors (Lipinski definition) is 7. The molecule has 17 heteroatoms. The molecule has 0 bridgehead atoms. The number of anilines is 2. The number of benzene rings is 1. The summed E-state index contributed by atoms with van der Waals surface area (Å²) in [5, 5.41) is 5.32. The molecule has 1 saturated heterocycles. The Hall–Kier alpha value is -4.02. The summed E-state index contributed by atoms with van der Waals surface area (Å²) in [5.74, 6) is -2.69. The van der Waals surface area contributed by atoms with E-state index in [4.69, 9.17) is 9.47 Å². The number of carbonyl (C=O) groups is 2. The number of aromatic nitrogens is 3. The van der Waals surface area contributed by atoms with Gasteiger partial charge in [0.1, 0.15) is 11.6 Å². The highest BCUT2D eigenvalue weighted by molar-refractivity contribution is 6.00. The first-order valence-electron chi connectivity index (χ1n) is 16.3. The largest absolute Gasteiger partial charge is 0.471 e. The van der Waals surface area contributed by atoms with Crippen LogP contribution in [0.15, 0.2) is 24.3 Å². The highest BCUT2D eigenvalue weighted by atomic mass is 19.4. The van der Waals surface area contributed by atoms with Gasteiger partial charge in [-0.15, -0.1) is 0 Å². The lowest BCUT2D eigenvalue weighted by atomic mass is 9.79. The Bertz CT molecular complexity index is 1660. The number of alkyl halides is 8. The second kappa shape index (κ2) is 15.5. The summed E-state index contributed by atoms with van der Waals surface area (Å²) in [6.07, 6.45) is -9.59. The number of amides is 1. The van der Waals surface area contributed by atoms with Crippen molar-refractivity contribution in [1.29, 1.82) is 0 Å². The lowest BCUT2D eigenvalue weighted by Crippen LogP contribution is -2.33. The number of fused-ring (bicyclic) bond motifs is 1. The average molecular weight is 720 g/mol. The molecule has 1 aromatic carbocycles. The van der Waals surface area contributed by atoms with Gasteiger partial charge in [0, 0.05) is 26.6 Å². The third-order valence-electron chi connectivity index (χ3n) is 9.11. The van der Waals surface area contributed by atoms with Gasteiger partial charge in [-0.25, -0.2) is 13.8 Å². The predicted octanol–water partition coefficient (Wildman–Crippen LogP) is 7.89. The van der Waals surface area contributed by atoms with Crippen molar-refractivity contribution < 1.29 is 54.2 Å². The normalized spacial score (nSPS) is 20.0. The molecule has 0 radical (unpaired) electrons. The average Bonchev–Trinajstić information content (AvgIpc) is 3.70. The van der Waals surface area contributed by atoms with Crippen molar-refractivity contribution in [2.45, 2.75) is 89.2 Å². The number of nitrogens with zero attached hydrogens (tertiary/aromatic N) is 3. The molecule has 1 unspecified atom stereocenters. The zero-order valence-electron chi connectivity index (χ0n) is 27.1. The van der Waals surface area contributed by atoms with Gasteiger partial charge in [0.2, 0.25) is 17.7 Å². The summed E-state index contributed by atoms with van der Waals surface area (Å²) in [7, 11) is 1.43. The molecule has 274 valence electrons. The smallest absolute Gasteiger partial charge is 0.418 e. The molecule has 5 rings (SSSR count). The molecule has 2 aromatic heterocycles. The summed E-state index contributed by atoms with van der Waals surface area (Å²) < 4.78 is 119. The highest BCUT2D eigenvalue weighted by Gasteiger charge is 2.41. The second-order valence-corrected chi connectivity index (χ2v) is 12.7. The Balaban J connectivity index is 1.34. The Kier molecular flexibility index (Phi) is 11.5. The fourth-order valence-corrected chi connectivity index (χ4v) is 6.38. The van der Waals surface area contributed by atoms with Gasteiger partial charge in [0.05, 0.1) is 22.7 Å². The Morgan fingerprint density at radius 1 is 1.04 bits per heavy atom. The van der Waals surface area contributed by atoms with Crippen LogP contribution < -0.4 is 15.4 Å². The van der Waals surface area contributed by atoms with Crippen molar-refractivity contribution in [2.75, 3.05) is 18.5 Å². The monoisotopic (exact) mass is 719 g/mol. The van der Waals surface area contributed by atoms with Crippen molar-refractivity contribution in [3.8, 4) is 5.88 Å². The lowest BCUT2D eigenvalue weighted by Gasteiger charge is -2.29. The number of aryl methyl sites for hydroxylation is 1. The van der Waals surface area contributed by atoms with Crippen molar-refractivity contribution in [3.63, 3.8) is 0 Å². The van der Waals surface area contributed by atoms with E-state index >= 15 is 0 Å². The SMILES string of the molecule is Cn1c(Nc2cc(CNC(=O)C3CCCO3)ccc2C(F)(F)F)nc2cc(C(=O)CCCC3CCC(C(F)(F)F)CC3)c(OCC(F)F)nc21. The van der Waals surface area contributed by atoms with E-state index < -0.39 is 54.6 Å². The molecule has 2 aliphatic rings.